The van der Waals surface area contributed by atoms with Crippen LogP contribution < -0.4 is 32.2 Å². The quantitative estimate of drug-likeness (QED) is 0.285. The smallest absolute Gasteiger partial charge is 0.270 e. The van der Waals surface area contributed by atoms with E-state index in [0.717, 1.165) is 35.8 Å². The standard InChI is InChI=1S/C22H27N7O3S/c1-29(2)11-10-25-17-9-4-13(12-16(17)23)20(31)28-21-18(19(24)30)27-22(33-21)26-14-5-7-15(32-3)8-6-14/h4-9,12,25H,10-11,23H2,1-3H3,(H2,24,30)(H,26,27)(H,28,31). The first-order valence-electron chi connectivity index (χ1n) is 10.1. The molecule has 10 nitrogen and oxygen atoms in total. The lowest BCUT2D eigenvalue weighted by Crippen LogP contribution is -2.21. The molecule has 174 valence electrons. The second-order valence-electron chi connectivity index (χ2n) is 7.40. The number of anilines is 5. The monoisotopic (exact) mass is 469 g/mol. The van der Waals surface area contributed by atoms with Crippen LogP contribution in [0, 0.1) is 0 Å². The molecule has 0 bridgehead atoms. The molecule has 33 heavy (non-hydrogen) atoms. The van der Waals surface area contributed by atoms with Crippen molar-refractivity contribution in [2.75, 3.05) is 56.0 Å². The maximum Gasteiger partial charge on any atom is 0.270 e. The van der Waals surface area contributed by atoms with Crippen LogP contribution in [0.25, 0.3) is 0 Å². The van der Waals surface area contributed by atoms with Gasteiger partial charge in [-0.3, -0.25) is 9.59 Å². The van der Waals surface area contributed by atoms with Gasteiger partial charge in [-0.15, -0.1) is 0 Å². The third-order valence-electron chi connectivity index (χ3n) is 4.62. The summed E-state index contributed by atoms with van der Waals surface area (Å²) < 4.78 is 5.14. The fourth-order valence-corrected chi connectivity index (χ4v) is 3.76. The second kappa shape index (κ2) is 10.7. The van der Waals surface area contributed by atoms with Crippen LogP contribution in [-0.2, 0) is 0 Å². The summed E-state index contributed by atoms with van der Waals surface area (Å²) in [4.78, 5) is 30.9. The highest BCUT2D eigenvalue weighted by Gasteiger charge is 2.19. The highest BCUT2D eigenvalue weighted by molar-refractivity contribution is 7.20. The molecule has 0 fully saturated rings. The van der Waals surface area contributed by atoms with E-state index in [9.17, 15) is 9.59 Å². The number of nitrogens with one attached hydrogen (secondary N) is 3. The second-order valence-corrected chi connectivity index (χ2v) is 8.40. The number of benzene rings is 2. The molecule has 11 heteroatoms. The van der Waals surface area contributed by atoms with Crippen molar-refractivity contribution >= 4 is 50.3 Å². The number of nitrogens with zero attached hydrogens (tertiary/aromatic N) is 2. The van der Waals surface area contributed by atoms with Crippen molar-refractivity contribution in [2.45, 2.75) is 0 Å². The number of carbonyl (C=O) groups excluding carboxylic acids is 2. The Morgan fingerprint density at radius 1 is 1.15 bits per heavy atom. The van der Waals surface area contributed by atoms with Crippen LogP contribution in [0.2, 0.25) is 0 Å². The van der Waals surface area contributed by atoms with Crippen LogP contribution in [0.3, 0.4) is 0 Å². The van der Waals surface area contributed by atoms with Crippen LogP contribution in [0.5, 0.6) is 5.75 Å². The summed E-state index contributed by atoms with van der Waals surface area (Å²) in [5, 5.41) is 9.69. The van der Waals surface area contributed by atoms with E-state index in [1.807, 2.05) is 19.0 Å². The van der Waals surface area contributed by atoms with Crippen LogP contribution in [0.1, 0.15) is 20.8 Å². The first-order chi connectivity index (χ1) is 15.8. The van der Waals surface area contributed by atoms with Gasteiger partial charge in [-0.1, -0.05) is 11.3 Å². The van der Waals surface area contributed by atoms with Crippen LogP contribution >= 0.6 is 11.3 Å². The number of ether oxygens (including phenoxy) is 1. The Morgan fingerprint density at radius 2 is 1.88 bits per heavy atom. The summed E-state index contributed by atoms with van der Waals surface area (Å²) in [6, 6.07) is 12.2. The fraction of sp³-hybridized carbons (Fsp3) is 0.227. The van der Waals surface area contributed by atoms with Gasteiger partial charge in [0.05, 0.1) is 18.5 Å². The summed E-state index contributed by atoms with van der Waals surface area (Å²) in [5.74, 6) is -0.461. The van der Waals surface area contributed by atoms with Gasteiger partial charge in [-0.25, -0.2) is 4.98 Å². The maximum atomic E-state index is 12.8. The number of aromatic nitrogens is 1. The van der Waals surface area contributed by atoms with Gasteiger partial charge in [0.1, 0.15) is 10.8 Å². The van der Waals surface area contributed by atoms with Gasteiger partial charge in [0.15, 0.2) is 10.8 Å². The van der Waals surface area contributed by atoms with Gasteiger partial charge in [0, 0.05) is 24.3 Å². The van der Waals surface area contributed by atoms with Crippen molar-refractivity contribution in [1.29, 1.82) is 0 Å². The molecule has 0 spiro atoms. The lowest BCUT2D eigenvalue weighted by molar-refractivity contribution is 0.0997. The van der Waals surface area contributed by atoms with Crippen LogP contribution in [-0.4, -0.2) is 56.0 Å². The molecule has 7 N–H and O–H groups in total. The van der Waals surface area contributed by atoms with Crippen molar-refractivity contribution in [3.05, 3.63) is 53.7 Å². The van der Waals surface area contributed by atoms with E-state index in [-0.39, 0.29) is 10.7 Å². The van der Waals surface area contributed by atoms with E-state index in [1.54, 1.807) is 49.6 Å². The fourth-order valence-electron chi connectivity index (χ4n) is 2.88. The molecule has 0 aliphatic carbocycles. The summed E-state index contributed by atoms with van der Waals surface area (Å²) in [6.45, 7) is 1.56. The number of methoxy groups -OCH3 is 1. The lowest BCUT2D eigenvalue weighted by Gasteiger charge is -2.13. The average molecular weight is 470 g/mol. The van der Waals surface area contributed by atoms with Crippen molar-refractivity contribution in [3.8, 4) is 5.75 Å². The number of thiazole rings is 1. The number of likely N-dealkylation sites (N-methyl/N-ethyl adjacent to an activating group) is 1. The molecule has 0 saturated carbocycles. The van der Waals surface area contributed by atoms with E-state index in [4.69, 9.17) is 16.2 Å². The van der Waals surface area contributed by atoms with Gasteiger partial charge in [0.2, 0.25) is 0 Å². The van der Waals surface area contributed by atoms with E-state index >= 15 is 0 Å². The van der Waals surface area contributed by atoms with E-state index < -0.39 is 11.8 Å². The van der Waals surface area contributed by atoms with Gasteiger partial charge < -0.3 is 37.1 Å². The summed E-state index contributed by atoms with van der Waals surface area (Å²) >= 11 is 1.10. The minimum atomic E-state index is -0.746. The molecular formula is C22H27N7O3S. The number of amides is 2. The molecule has 3 rings (SSSR count). The zero-order chi connectivity index (χ0) is 24.0. The zero-order valence-corrected chi connectivity index (χ0v) is 19.5. The summed E-state index contributed by atoms with van der Waals surface area (Å²) in [6.07, 6.45) is 0. The zero-order valence-electron chi connectivity index (χ0n) is 18.6. The predicted octanol–water partition coefficient (Wildman–Crippen LogP) is 2.80. The maximum absolute atomic E-state index is 12.8. The largest absolute Gasteiger partial charge is 0.497 e. The van der Waals surface area contributed by atoms with Crippen molar-refractivity contribution in [1.82, 2.24) is 9.88 Å². The molecule has 0 radical (unpaired) electrons. The highest BCUT2D eigenvalue weighted by Crippen LogP contribution is 2.31. The van der Waals surface area contributed by atoms with Crippen LogP contribution in [0.4, 0.5) is 27.2 Å². The predicted molar refractivity (Wildman–Crippen MR) is 133 cm³/mol. The Balaban J connectivity index is 1.73. The molecule has 1 heterocycles. The molecule has 2 amide bonds. The van der Waals surface area contributed by atoms with Crippen LogP contribution in [0.15, 0.2) is 42.5 Å². The van der Waals surface area contributed by atoms with Crippen molar-refractivity contribution in [3.63, 3.8) is 0 Å². The highest BCUT2D eigenvalue weighted by atomic mass is 32.1. The topological polar surface area (TPSA) is 148 Å². The molecule has 2 aromatic carbocycles. The normalized spacial score (nSPS) is 10.7. The Labute approximate surface area is 195 Å². The molecule has 0 aliphatic rings. The molecule has 3 aromatic rings. The van der Waals surface area contributed by atoms with Gasteiger partial charge in [0.25, 0.3) is 11.8 Å². The average Bonchev–Trinajstić information content (AvgIpc) is 3.17. The number of nitrogens with two attached hydrogens (primary N) is 2. The molecular weight excluding hydrogens is 442 g/mol. The number of nitrogen functional groups attached to an aromatic ring is 1. The summed E-state index contributed by atoms with van der Waals surface area (Å²) in [5.41, 5.74) is 13.8. The van der Waals surface area contributed by atoms with E-state index in [1.165, 1.54) is 0 Å². The Kier molecular flexibility index (Phi) is 7.70. The molecule has 0 unspecified atom stereocenters. The SMILES string of the molecule is COc1ccc(Nc2nc(C(N)=O)c(NC(=O)c3ccc(NCCN(C)C)c(N)c3)s2)cc1. The number of primary amides is 1. The van der Waals surface area contributed by atoms with Gasteiger partial charge in [-0.05, 0) is 56.6 Å². The number of rotatable bonds is 10. The van der Waals surface area contributed by atoms with Crippen molar-refractivity contribution in [2.24, 2.45) is 5.73 Å². The van der Waals surface area contributed by atoms with Gasteiger partial charge in [-0.2, -0.15) is 0 Å². The van der Waals surface area contributed by atoms with E-state index in [0.29, 0.717) is 22.1 Å². The molecule has 0 aliphatic heterocycles. The number of hydrogen-bond acceptors (Lipinski definition) is 9. The summed E-state index contributed by atoms with van der Waals surface area (Å²) in [7, 11) is 5.55. The minimum Gasteiger partial charge on any atom is -0.497 e. The molecule has 0 saturated heterocycles. The first kappa shape index (κ1) is 23.8. The first-order valence-corrected chi connectivity index (χ1v) is 10.9. The van der Waals surface area contributed by atoms with E-state index in [2.05, 4.69) is 20.9 Å². The Morgan fingerprint density at radius 3 is 2.48 bits per heavy atom. The number of hydrogen-bond donors (Lipinski definition) is 5. The minimum absolute atomic E-state index is 0.0284. The van der Waals surface area contributed by atoms with Crippen molar-refractivity contribution < 1.29 is 14.3 Å². The number of carbonyl (C=O) groups is 2. The Bertz CT molecular complexity index is 1130. The van der Waals surface area contributed by atoms with Gasteiger partial charge >= 0.3 is 0 Å². The Hall–Kier alpha value is -3.83. The third kappa shape index (κ3) is 6.34. The lowest BCUT2D eigenvalue weighted by atomic mass is 10.1. The molecule has 0 atom stereocenters. The third-order valence-corrected chi connectivity index (χ3v) is 5.50. The molecule has 1 aromatic heterocycles.